The number of para-hydroxylation sites is 1. The largest absolute Gasteiger partial charge is 0.383 e. The molecule has 1 aromatic rings. The molecule has 0 bridgehead atoms. The van der Waals surface area contributed by atoms with Crippen molar-refractivity contribution < 1.29 is 8.42 Å². The Kier molecular flexibility index (Phi) is 6.02. The third kappa shape index (κ3) is 4.69. The summed E-state index contributed by atoms with van der Waals surface area (Å²) in [5, 5.41) is 3.26. The topological polar surface area (TPSA) is 61.4 Å². The summed E-state index contributed by atoms with van der Waals surface area (Å²) < 4.78 is 26.9. The van der Waals surface area contributed by atoms with E-state index in [9.17, 15) is 8.42 Å². The van der Waals surface area contributed by atoms with E-state index in [1.54, 1.807) is 19.1 Å². The van der Waals surface area contributed by atoms with Crippen molar-refractivity contribution in [3.05, 3.63) is 24.3 Å². The summed E-state index contributed by atoms with van der Waals surface area (Å²) in [7, 11) is -3.42. The average molecular weight is 311 g/mol. The van der Waals surface area contributed by atoms with E-state index in [1.165, 1.54) is 19.3 Å². The summed E-state index contributed by atoms with van der Waals surface area (Å²) in [5.74, 6) is 0. The van der Waals surface area contributed by atoms with Gasteiger partial charge in [-0.2, -0.15) is 0 Å². The number of nitrogens with zero attached hydrogens (tertiary/aromatic N) is 1. The van der Waals surface area contributed by atoms with Crippen molar-refractivity contribution >= 4 is 15.7 Å². The minimum absolute atomic E-state index is 0.325. The van der Waals surface area contributed by atoms with Gasteiger partial charge in [0.15, 0.2) is 0 Å². The molecule has 0 aliphatic carbocycles. The third-order valence-electron chi connectivity index (χ3n) is 3.70. The molecule has 2 N–H and O–H groups in total. The minimum atomic E-state index is -3.42. The number of nitrogens with one attached hydrogen (secondary N) is 2. The lowest BCUT2D eigenvalue weighted by molar-refractivity contribution is 0.237. The molecule has 0 aromatic heterocycles. The van der Waals surface area contributed by atoms with Crippen molar-refractivity contribution in [3.63, 3.8) is 0 Å². The third-order valence-corrected chi connectivity index (χ3v) is 5.31. The molecule has 118 valence electrons. The zero-order valence-corrected chi connectivity index (χ0v) is 13.5. The molecule has 5 nitrogen and oxygen atoms in total. The van der Waals surface area contributed by atoms with Crippen LogP contribution in [0.1, 0.15) is 26.2 Å². The van der Waals surface area contributed by atoms with Gasteiger partial charge in [0.2, 0.25) is 10.0 Å². The van der Waals surface area contributed by atoms with Gasteiger partial charge in [-0.15, -0.1) is 0 Å². The molecule has 1 heterocycles. The standard InChI is InChI=1S/C15H25N3O2S/c1-2-17-21(19,20)15-9-5-4-8-14(15)16-10-13-18-11-6-3-7-12-18/h4-5,8-9,16-17H,2-3,6-7,10-13H2,1H3. The maximum Gasteiger partial charge on any atom is 0.242 e. The predicted molar refractivity (Wildman–Crippen MR) is 86.1 cm³/mol. The van der Waals surface area contributed by atoms with Crippen molar-refractivity contribution in [1.29, 1.82) is 0 Å². The fourth-order valence-corrected chi connectivity index (χ4v) is 3.87. The lowest BCUT2D eigenvalue weighted by Gasteiger charge is -2.26. The van der Waals surface area contributed by atoms with Crippen LogP contribution in [-0.2, 0) is 10.0 Å². The minimum Gasteiger partial charge on any atom is -0.383 e. The first-order chi connectivity index (χ1) is 10.1. The van der Waals surface area contributed by atoms with Crippen molar-refractivity contribution in [2.24, 2.45) is 0 Å². The Morgan fingerprint density at radius 1 is 1.14 bits per heavy atom. The van der Waals surface area contributed by atoms with Gasteiger partial charge in [0.1, 0.15) is 4.90 Å². The molecule has 1 saturated heterocycles. The van der Waals surface area contributed by atoms with E-state index in [1.807, 2.05) is 12.1 Å². The number of hydrogen-bond acceptors (Lipinski definition) is 4. The van der Waals surface area contributed by atoms with Gasteiger partial charge in [0.25, 0.3) is 0 Å². The van der Waals surface area contributed by atoms with Crippen LogP contribution in [0.5, 0.6) is 0 Å². The van der Waals surface area contributed by atoms with E-state index in [4.69, 9.17) is 0 Å². The van der Waals surface area contributed by atoms with E-state index in [-0.39, 0.29) is 0 Å². The molecule has 6 heteroatoms. The summed E-state index contributed by atoms with van der Waals surface area (Å²) in [6.07, 6.45) is 3.87. The van der Waals surface area contributed by atoms with Crippen LogP contribution in [-0.4, -0.2) is 46.0 Å². The van der Waals surface area contributed by atoms with Gasteiger partial charge < -0.3 is 10.2 Å². The maximum atomic E-state index is 12.2. The molecule has 1 aromatic carbocycles. The smallest absolute Gasteiger partial charge is 0.242 e. The summed E-state index contributed by atoms with van der Waals surface area (Å²) in [5.41, 5.74) is 0.676. The van der Waals surface area contributed by atoms with Crippen molar-refractivity contribution in [2.75, 3.05) is 38.0 Å². The highest BCUT2D eigenvalue weighted by Crippen LogP contribution is 2.20. The lowest BCUT2D eigenvalue weighted by Crippen LogP contribution is -2.34. The molecule has 0 saturated carbocycles. The van der Waals surface area contributed by atoms with Gasteiger partial charge in [-0.1, -0.05) is 25.5 Å². The number of sulfonamides is 1. The Bertz CT molecular complexity index is 540. The highest BCUT2D eigenvalue weighted by molar-refractivity contribution is 7.89. The van der Waals surface area contributed by atoms with Gasteiger partial charge in [-0.25, -0.2) is 13.1 Å². The number of piperidine rings is 1. The Morgan fingerprint density at radius 2 is 1.86 bits per heavy atom. The Morgan fingerprint density at radius 3 is 2.57 bits per heavy atom. The fourth-order valence-electron chi connectivity index (χ4n) is 2.65. The molecule has 0 unspecified atom stereocenters. The lowest BCUT2D eigenvalue weighted by atomic mass is 10.1. The van der Waals surface area contributed by atoms with Crippen LogP contribution in [0.4, 0.5) is 5.69 Å². The van der Waals surface area contributed by atoms with Gasteiger partial charge in [-0.3, -0.25) is 0 Å². The number of anilines is 1. The summed E-state index contributed by atoms with van der Waals surface area (Å²) in [6.45, 7) is 6.20. The molecule has 0 atom stereocenters. The molecule has 0 radical (unpaired) electrons. The number of rotatable bonds is 7. The zero-order chi connectivity index (χ0) is 15.1. The van der Waals surface area contributed by atoms with E-state index < -0.39 is 10.0 Å². The molecule has 0 spiro atoms. The summed E-state index contributed by atoms with van der Waals surface area (Å²) in [6, 6.07) is 7.07. The summed E-state index contributed by atoms with van der Waals surface area (Å²) >= 11 is 0. The second-order valence-electron chi connectivity index (χ2n) is 5.33. The van der Waals surface area contributed by atoms with Crippen LogP contribution in [0.15, 0.2) is 29.2 Å². The van der Waals surface area contributed by atoms with Gasteiger partial charge in [0, 0.05) is 19.6 Å². The second-order valence-corrected chi connectivity index (χ2v) is 7.06. The average Bonchev–Trinajstić information content (AvgIpc) is 2.49. The number of likely N-dealkylation sites (tertiary alicyclic amines) is 1. The van der Waals surface area contributed by atoms with Crippen molar-refractivity contribution in [1.82, 2.24) is 9.62 Å². The number of benzene rings is 1. The number of hydrogen-bond donors (Lipinski definition) is 2. The van der Waals surface area contributed by atoms with Crippen molar-refractivity contribution in [3.8, 4) is 0 Å². The molecular weight excluding hydrogens is 286 g/mol. The van der Waals surface area contributed by atoms with Crippen LogP contribution in [0.25, 0.3) is 0 Å². The molecular formula is C15H25N3O2S. The first-order valence-electron chi connectivity index (χ1n) is 7.68. The van der Waals surface area contributed by atoms with Crippen LogP contribution in [0, 0.1) is 0 Å². The van der Waals surface area contributed by atoms with Crippen molar-refractivity contribution in [2.45, 2.75) is 31.1 Å². The molecule has 1 aliphatic heterocycles. The Hall–Kier alpha value is -1.11. The molecule has 21 heavy (non-hydrogen) atoms. The quantitative estimate of drug-likeness (QED) is 0.807. The van der Waals surface area contributed by atoms with Crippen LogP contribution >= 0.6 is 0 Å². The highest BCUT2D eigenvalue weighted by Gasteiger charge is 2.17. The van der Waals surface area contributed by atoms with E-state index in [0.29, 0.717) is 17.1 Å². The van der Waals surface area contributed by atoms with Gasteiger partial charge >= 0.3 is 0 Å². The zero-order valence-electron chi connectivity index (χ0n) is 12.6. The second kappa shape index (κ2) is 7.77. The van der Waals surface area contributed by atoms with E-state index in [2.05, 4.69) is 14.9 Å². The van der Waals surface area contributed by atoms with Crippen LogP contribution in [0.3, 0.4) is 0 Å². The highest BCUT2D eigenvalue weighted by atomic mass is 32.2. The van der Waals surface area contributed by atoms with Gasteiger partial charge in [0.05, 0.1) is 5.69 Å². The first-order valence-corrected chi connectivity index (χ1v) is 9.16. The normalized spacial score (nSPS) is 16.8. The van der Waals surface area contributed by atoms with Crippen LogP contribution < -0.4 is 10.0 Å². The molecule has 2 rings (SSSR count). The Labute approximate surface area is 127 Å². The van der Waals surface area contributed by atoms with Gasteiger partial charge in [-0.05, 0) is 38.1 Å². The van der Waals surface area contributed by atoms with Crippen LogP contribution in [0.2, 0.25) is 0 Å². The maximum absolute atomic E-state index is 12.2. The van der Waals surface area contributed by atoms with E-state index >= 15 is 0 Å². The Balaban J connectivity index is 1.96. The summed E-state index contributed by atoms with van der Waals surface area (Å²) in [4.78, 5) is 2.75. The van der Waals surface area contributed by atoms with E-state index in [0.717, 1.165) is 26.2 Å². The molecule has 1 fully saturated rings. The molecule has 1 aliphatic rings. The monoisotopic (exact) mass is 311 g/mol. The SMILES string of the molecule is CCNS(=O)(=O)c1ccccc1NCCN1CCCCC1. The molecule has 0 amide bonds. The fraction of sp³-hybridized carbons (Fsp3) is 0.600. The predicted octanol–water partition coefficient (Wildman–Crippen LogP) is 1.88. The first kappa shape index (κ1) is 16.3.